The van der Waals surface area contributed by atoms with Crippen LogP contribution in [-0.4, -0.2) is 37.4 Å². The van der Waals surface area contributed by atoms with Gasteiger partial charge in [-0.25, -0.2) is 0 Å². The first kappa shape index (κ1) is 9.40. The van der Waals surface area contributed by atoms with Crippen molar-refractivity contribution in [2.24, 2.45) is 0 Å². The Morgan fingerprint density at radius 2 is 2.20 bits per heavy atom. The van der Waals surface area contributed by atoms with E-state index in [2.05, 4.69) is 0 Å². The van der Waals surface area contributed by atoms with Crippen LogP contribution in [0.1, 0.15) is 15.9 Å². The van der Waals surface area contributed by atoms with Gasteiger partial charge in [0.15, 0.2) is 0 Å². The number of fused-ring (bicyclic) bond motifs is 3. The summed E-state index contributed by atoms with van der Waals surface area (Å²) in [6, 6.07) is 7.41. The first-order chi connectivity index (χ1) is 7.23. The molecule has 3 nitrogen and oxygen atoms in total. The molecule has 2 aliphatic rings. The van der Waals surface area contributed by atoms with Crippen LogP contribution in [-0.2, 0) is 5.72 Å². The molecule has 0 aliphatic carbocycles. The Labute approximate surface area is 94.2 Å². The first-order valence-corrected chi connectivity index (χ1v) is 7.37. The van der Waals surface area contributed by atoms with Crippen LogP contribution in [0.3, 0.4) is 0 Å². The van der Waals surface area contributed by atoms with Gasteiger partial charge in [0.05, 0.1) is 0 Å². The molecule has 1 atom stereocenters. The monoisotopic (exact) mass is 269 g/mol. The summed E-state index contributed by atoms with van der Waals surface area (Å²) in [7, 11) is 0. The molecule has 1 fully saturated rings. The normalized spacial score (nSPS) is 28.9. The Balaban J connectivity index is 2.20. The van der Waals surface area contributed by atoms with Gasteiger partial charge in [0.1, 0.15) is 0 Å². The SMILES string of the molecule is O=C1c2ccccc2C2(O)C[Se]CCN12. The van der Waals surface area contributed by atoms with E-state index in [-0.39, 0.29) is 5.91 Å². The zero-order valence-electron chi connectivity index (χ0n) is 8.14. The summed E-state index contributed by atoms with van der Waals surface area (Å²) in [5.41, 5.74) is 0.487. The van der Waals surface area contributed by atoms with Gasteiger partial charge in [0, 0.05) is 0 Å². The molecule has 0 radical (unpaired) electrons. The van der Waals surface area contributed by atoms with Crippen molar-refractivity contribution in [3.05, 3.63) is 35.4 Å². The second kappa shape index (κ2) is 3.08. The Kier molecular flexibility index (Phi) is 1.93. The third kappa shape index (κ3) is 1.13. The van der Waals surface area contributed by atoms with Crippen LogP contribution in [0.4, 0.5) is 0 Å². The van der Waals surface area contributed by atoms with Gasteiger partial charge in [-0.15, -0.1) is 0 Å². The fraction of sp³-hybridized carbons (Fsp3) is 0.364. The molecule has 0 aromatic heterocycles. The maximum atomic E-state index is 12.0. The summed E-state index contributed by atoms with van der Waals surface area (Å²) in [5, 5.41) is 12.3. The molecule has 4 heteroatoms. The Bertz CT molecular complexity index is 434. The minimum absolute atomic E-state index is 0.0106. The third-order valence-corrected chi connectivity index (χ3v) is 5.30. The van der Waals surface area contributed by atoms with Gasteiger partial charge in [-0.2, -0.15) is 0 Å². The second-order valence-corrected chi connectivity index (χ2v) is 6.19. The molecular weight excluding hydrogens is 257 g/mol. The van der Waals surface area contributed by atoms with Gasteiger partial charge in [-0.3, -0.25) is 0 Å². The number of hydrogen-bond donors (Lipinski definition) is 1. The minimum atomic E-state index is -0.994. The van der Waals surface area contributed by atoms with Gasteiger partial charge in [0.25, 0.3) is 0 Å². The van der Waals surface area contributed by atoms with Crippen molar-refractivity contribution in [2.45, 2.75) is 16.4 Å². The van der Waals surface area contributed by atoms with Crippen LogP contribution < -0.4 is 0 Å². The average molecular weight is 268 g/mol. The Morgan fingerprint density at radius 3 is 3.07 bits per heavy atom. The average Bonchev–Trinajstić information content (AvgIpc) is 2.50. The molecule has 0 spiro atoms. The third-order valence-electron chi connectivity index (χ3n) is 3.04. The van der Waals surface area contributed by atoms with Crippen LogP contribution in [0.5, 0.6) is 0 Å². The molecule has 2 aliphatic heterocycles. The first-order valence-electron chi connectivity index (χ1n) is 4.95. The number of carbonyl (C=O) groups is 1. The topological polar surface area (TPSA) is 40.5 Å². The van der Waals surface area contributed by atoms with E-state index in [4.69, 9.17) is 0 Å². The summed E-state index contributed by atoms with van der Waals surface area (Å²) in [6.07, 6.45) is 0. The molecule has 0 bridgehead atoms. The van der Waals surface area contributed by atoms with E-state index in [1.807, 2.05) is 18.2 Å². The predicted octanol–water partition coefficient (Wildman–Crippen LogP) is 0.842. The molecule has 1 saturated heterocycles. The molecule has 78 valence electrons. The standard InChI is InChI=1S/C11H11NO2Se/c13-10-8-3-1-2-4-9(8)11(14)7-15-6-5-12(10)11/h1-4,14H,5-7H2. The molecule has 1 unspecified atom stereocenters. The number of rotatable bonds is 0. The van der Waals surface area contributed by atoms with Crippen molar-refractivity contribution in [1.29, 1.82) is 0 Å². The summed E-state index contributed by atoms with van der Waals surface area (Å²) in [5.74, 6) is -0.0106. The number of aliphatic hydroxyl groups is 1. The van der Waals surface area contributed by atoms with Crippen LogP contribution in [0.25, 0.3) is 0 Å². The molecule has 3 rings (SSSR count). The van der Waals surface area contributed by atoms with E-state index in [0.717, 1.165) is 16.2 Å². The van der Waals surface area contributed by atoms with E-state index in [0.29, 0.717) is 27.1 Å². The van der Waals surface area contributed by atoms with Crippen LogP contribution in [0, 0.1) is 0 Å². The fourth-order valence-corrected chi connectivity index (χ4v) is 4.50. The maximum absolute atomic E-state index is 12.0. The summed E-state index contributed by atoms with van der Waals surface area (Å²) >= 11 is 0.447. The number of benzene rings is 1. The summed E-state index contributed by atoms with van der Waals surface area (Å²) in [6.45, 7) is 0.698. The fourth-order valence-electron chi connectivity index (χ4n) is 2.29. The number of amides is 1. The summed E-state index contributed by atoms with van der Waals surface area (Å²) in [4.78, 5) is 13.6. The van der Waals surface area contributed by atoms with E-state index in [9.17, 15) is 9.90 Å². The Hall–Kier alpha value is -0.831. The predicted molar refractivity (Wildman–Crippen MR) is 56.7 cm³/mol. The molecule has 1 aromatic rings. The molecule has 1 N–H and O–H groups in total. The van der Waals surface area contributed by atoms with E-state index in [1.54, 1.807) is 11.0 Å². The zero-order chi connectivity index (χ0) is 10.5. The number of nitrogens with zero attached hydrogens (tertiary/aromatic N) is 1. The summed E-state index contributed by atoms with van der Waals surface area (Å²) < 4.78 is 0. The molecule has 1 amide bonds. The van der Waals surface area contributed by atoms with Crippen molar-refractivity contribution in [3.63, 3.8) is 0 Å². The van der Waals surface area contributed by atoms with Gasteiger partial charge in [0.2, 0.25) is 0 Å². The van der Waals surface area contributed by atoms with Crippen LogP contribution in [0.2, 0.25) is 10.6 Å². The van der Waals surface area contributed by atoms with Crippen molar-refractivity contribution >= 4 is 20.9 Å². The number of hydrogen-bond acceptors (Lipinski definition) is 2. The number of carbonyl (C=O) groups excluding carboxylic acids is 1. The van der Waals surface area contributed by atoms with Crippen molar-refractivity contribution in [1.82, 2.24) is 4.90 Å². The van der Waals surface area contributed by atoms with Crippen molar-refractivity contribution < 1.29 is 9.90 Å². The second-order valence-electron chi connectivity index (χ2n) is 3.87. The molecule has 15 heavy (non-hydrogen) atoms. The van der Waals surface area contributed by atoms with Crippen LogP contribution >= 0.6 is 0 Å². The molecule has 1 aromatic carbocycles. The van der Waals surface area contributed by atoms with Gasteiger partial charge in [-0.05, 0) is 0 Å². The van der Waals surface area contributed by atoms with Crippen molar-refractivity contribution in [2.75, 3.05) is 6.54 Å². The van der Waals surface area contributed by atoms with Gasteiger partial charge < -0.3 is 0 Å². The zero-order valence-corrected chi connectivity index (χ0v) is 9.85. The molecular formula is C11H11NO2Se. The Morgan fingerprint density at radius 1 is 1.40 bits per heavy atom. The molecule has 0 saturated carbocycles. The van der Waals surface area contributed by atoms with Crippen LogP contribution in [0.15, 0.2) is 24.3 Å². The van der Waals surface area contributed by atoms with Gasteiger partial charge >= 0.3 is 94.0 Å². The van der Waals surface area contributed by atoms with Crippen molar-refractivity contribution in [3.8, 4) is 0 Å². The van der Waals surface area contributed by atoms with E-state index >= 15 is 0 Å². The van der Waals surface area contributed by atoms with Gasteiger partial charge in [-0.1, -0.05) is 0 Å². The molecule has 2 heterocycles. The van der Waals surface area contributed by atoms with E-state index in [1.165, 1.54) is 0 Å². The van der Waals surface area contributed by atoms with E-state index < -0.39 is 5.72 Å². The quantitative estimate of drug-likeness (QED) is 0.708.